The number of carbonyl (C=O) groups excluding carboxylic acids is 2. The first-order chi connectivity index (χ1) is 14.1. The molecule has 2 aromatic carbocycles. The molecule has 1 heterocycles. The van der Waals surface area contributed by atoms with Crippen LogP contribution in [0.1, 0.15) is 24.0 Å². The van der Waals surface area contributed by atoms with Gasteiger partial charge >= 0.3 is 6.03 Å². The van der Waals surface area contributed by atoms with Crippen molar-refractivity contribution in [3.63, 3.8) is 0 Å². The Labute approximate surface area is 170 Å². The van der Waals surface area contributed by atoms with E-state index in [-0.39, 0.29) is 31.2 Å². The van der Waals surface area contributed by atoms with Gasteiger partial charge in [-0.3, -0.25) is 9.69 Å². The molecule has 1 saturated carbocycles. The average Bonchev–Trinajstić information content (AvgIpc) is 3.54. The molecule has 0 atom stereocenters. The third-order valence-corrected chi connectivity index (χ3v) is 5.60. The second kappa shape index (κ2) is 8.06. The number of imide groups is 1. The molecule has 6 nitrogen and oxygen atoms in total. The zero-order valence-electron chi connectivity index (χ0n) is 16.3. The normalized spacial score (nSPS) is 18.0. The lowest BCUT2D eigenvalue weighted by Gasteiger charge is -2.28. The third kappa shape index (κ3) is 4.15. The van der Waals surface area contributed by atoms with Gasteiger partial charge in [0.15, 0.2) is 0 Å². The van der Waals surface area contributed by atoms with Gasteiger partial charge in [0.25, 0.3) is 5.91 Å². The minimum atomic E-state index is -1.03. The van der Waals surface area contributed by atoms with Gasteiger partial charge in [-0.25, -0.2) is 9.69 Å². The topological polar surface area (TPSA) is 76.4 Å². The van der Waals surface area contributed by atoms with Crippen molar-refractivity contribution < 1.29 is 9.59 Å². The third-order valence-electron chi connectivity index (χ3n) is 5.60. The minimum Gasteiger partial charge on any atom is -0.322 e. The Bertz CT molecular complexity index is 877. The maximum absolute atomic E-state index is 13.6. The van der Waals surface area contributed by atoms with Crippen LogP contribution >= 0.6 is 0 Å². The van der Waals surface area contributed by atoms with E-state index in [1.807, 2.05) is 65.6 Å². The Balaban J connectivity index is 1.62. The van der Waals surface area contributed by atoms with Crippen molar-refractivity contribution in [1.82, 2.24) is 15.1 Å². The number of hydrogen-bond acceptors (Lipinski definition) is 4. The number of carbonyl (C=O) groups is 2. The van der Waals surface area contributed by atoms with Gasteiger partial charge in [0.1, 0.15) is 5.54 Å². The molecule has 148 valence electrons. The summed E-state index contributed by atoms with van der Waals surface area (Å²) in [6, 6.07) is 21.6. The number of benzene rings is 2. The Morgan fingerprint density at radius 1 is 1.00 bits per heavy atom. The molecule has 2 fully saturated rings. The SMILES string of the molecule is N#CCN(CN1C(=O)NC(Cc2ccccc2)(Cc2ccccc2)C1=O)C1CC1. The van der Waals surface area contributed by atoms with Crippen LogP contribution in [-0.4, -0.2) is 46.5 Å². The lowest BCUT2D eigenvalue weighted by atomic mass is 9.84. The lowest BCUT2D eigenvalue weighted by molar-refractivity contribution is -0.132. The van der Waals surface area contributed by atoms with Crippen LogP contribution in [0.4, 0.5) is 4.79 Å². The molecule has 1 saturated heterocycles. The summed E-state index contributed by atoms with van der Waals surface area (Å²) in [6.45, 7) is 0.375. The fourth-order valence-electron chi connectivity index (χ4n) is 4.00. The number of hydrogen-bond donors (Lipinski definition) is 1. The van der Waals surface area contributed by atoms with Gasteiger partial charge in [0.05, 0.1) is 19.3 Å². The Kier molecular flexibility index (Phi) is 5.32. The molecule has 3 amide bonds. The summed E-state index contributed by atoms with van der Waals surface area (Å²) >= 11 is 0. The molecule has 2 aromatic rings. The standard InChI is InChI=1S/C23H24N4O2/c24-13-14-26(20-11-12-20)17-27-21(28)23(25-22(27)29,15-18-7-3-1-4-8-18)16-19-9-5-2-6-10-19/h1-10,20H,11-12,14-17H2,(H,25,29). The van der Waals surface area contributed by atoms with Crippen LogP contribution < -0.4 is 5.32 Å². The summed E-state index contributed by atoms with van der Waals surface area (Å²) in [6.07, 6.45) is 2.85. The van der Waals surface area contributed by atoms with Crippen LogP contribution in [0.3, 0.4) is 0 Å². The van der Waals surface area contributed by atoms with E-state index in [1.54, 1.807) is 0 Å². The van der Waals surface area contributed by atoms with E-state index in [0.29, 0.717) is 12.8 Å². The predicted octanol–water partition coefficient (Wildman–Crippen LogP) is 2.71. The molecule has 6 heteroatoms. The van der Waals surface area contributed by atoms with Crippen molar-refractivity contribution in [2.24, 2.45) is 0 Å². The highest BCUT2D eigenvalue weighted by Gasteiger charge is 2.51. The van der Waals surface area contributed by atoms with Crippen molar-refractivity contribution in [3.05, 3.63) is 71.8 Å². The van der Waals surface area contributed by atoms with Crippen molar-refractivity contribution in [3.8, 4) is 6.07 Å². The molecule has 1 aliphatic heterocycles. The molecule has 0 aromatic heterocycles. The number of amides is 3. The molecule has 1 N–H and O–H groups in total. The number of urea groups is 1. The highest BCUT2D eigenvalue weighted by Crippen LogP contribution is 2.30. The van der Waals surface area contributed by atoms with Crippen molar-refractivity contribution >= 4 is 11.9 Å². The van der Waals surface area contributed by atoms with Crippen LogP contribution in [0, 0.1) is 11.3 Å². The van der Waals surface area contributed by atoms with Crippen molar-refractivity contribution in [1.29, 1.82) is 5.26 Å². The van der Waals surface area contributed by atoms with Gasteiger partial charge < -0.3 is 5.32 Å². The quantitative estimate of drug-likeness (QED) is 0.557. The highest BCUT2D eigenvalue weighted by molar-refractivity contribution is 6.07. The van der Waals surface area contributed by atoms with Crippen LogP contribution in [0.25, 0.3) is 0 Å². The van der Waals surface area contributed by atoms with Gasteiger partial charge in [0, 0.05) is 18.9 Å². The highest BCUT2D eigenvalue weighted by atomic mass is 16.2. The number of rotatable bonds is 8. The summed E-state index contributed by atoms with van der Waals surface area (Å²) in [4.78, 5) is 29.6. The summed E-state index contributed by atoms with van der Waals surface area (Å²) in [7, 11) is 0. The van der Waals surface area contributed by atoms with Crippen LogP contribution in [0.15, 0.2) is 60.7 Å². The lowest BCUT2D eigenvalue weighted by Crippen LogP contribution is -2.51. The van der Waals surface area contributed by atoms with Gasteiger partial charge in [-0.1, -0.05) is 60.7 Å². The van der Waals surface area contributed by atoms with Gasteiger partial charge in [-0.05, 0) is 24.0 Å². The van der Waals surface area contributed by atoms with E-state index < -0.39 is 5.54 Å². The second-order valence-electron chi connectivity index (χ2n) is 7.85. The first-order valence-electron chi connectivity index (χ1n) is 9.94. The predicted molar refractivity (Wildman–Crippen MR) is 109 cm³/mol. The van der Waals surface area contributed by atoms with Gasteiger partial charge in [0.2, 0.25) is 0 Å². The molecule has 2 aliphatic rings. The first kappa shape index (κ1) is 19.2. The molecular formula is C23H24N4O2. The van der Waals surface area contributed by atoms with Gasteiger partial charge in [-0.2, -0.15) is 5.26 Å². The number of nitrogens with zero attached hydrogens (tertiary/aromatic N) is 3. The molecule has 29 heavy (non-hydrogen) atoms. The zero-order valence-corrected chi connectivity index (χ0v) is 16.3. The molecular weight excluding hydrogens is 364 g/mol. The first-order valence-corrected chi connectivity index (χ1v) is 9.94. The van der Waals surface area contributed by atoms with E-state index >= 15 is 0 Å². The van der Waals surface area contributed by atoms with Crippen molar-refractivity contribution in [2.45, 2.75) is 37.3 Å². The van der Waals surface area contributed by atoms with Crippen LogP contribution in [0.2, 0.25) is 0 Å². The van der Waals surface area contributed by atoms with Gasteiger partial charge in [-0.15, -0.1) is 0 Å². The van der Waals surface area contributed by atoms with E-state index in [0.717, 1.165) is 24.0 Å². The molecule has 0 spiro atoms. The maximum atomic E-state index is 13.6. The minimum absolute atomic E-state index is 0.161. The zero-order chi connectivity index (χ0) is 20.3. The maximum Gasteiger partial charge on any atom is 0.326 e. The van der Waals surface area contributed by atoms with E-state index in [4.69, 9.17) is 5.26 Å². The summed E-state index contributed by atoms with van der Waals surface area (Å²) in [5.41, 5.74) is 0.965. The second-order valence-corrected chi connectivity index (χ2v) is 7.85. The van der Waals surface area contributed by atoms with E-state index in [9.17, 15) is 9.59 Å². The summed E-state index contributed by atoms with van der Waals surface area (Å²) in [5, 5.41) is 12.1. The van der Waals surface area contributed by atoms with Crippen LogP contribution in [-0.2, 0) is 17.6 Å². The Hall–Kier alpha value is -3.17. The Morgan fingerprint density at radius 2 is 1.55 bits per heavy atom. The molecule has 4 rings (SSSR count). The average molecular weight is 388 g/mol. The largest absolute Gasteiger partial charge is 0.326 e. The summed E-state index contributed by atoms with van der Waals surface area (Å²) < 4.78 is 0. The Morgan fingerprint density at radius 3 is 2.03 bits per heavy atom. The molecule has 1 aliphatic carbocycles. The molecule has 0 radical (unpaired) electrons. The molecule has 0 unspecified atom stereocenters. The van der Waals surface area contributed by atoms with Crippen molar-refractivity contribution in [2.75, 3.05) is 13.2 Å². The number of nitriles is 1. The smallest absolute Gasteiger partial charge is 0.322 e. The molecule has 0 bridgehead atoms. The van der Waals surface area contributed by atoms with Crippen LogP contribution in [0.5, 0.6) is 0 Å². The van der Waals surface area contributed by atoms with E-state index in [1.165, 1.54) is 4.90 Å². The number of nitrogens with one attached hydrogen (secondary N) is 1. The monoisotopic (exact) mass is 388 g/mol. The fraction of sp³-hybridized carbons (Fsp3) is 0.348. The van der Waals surface area contributed by atoms with E-state index in [2.05, 4.69) is 11.4 Å². The fourth-order valence-corrected chi connectivity index (χ4v) is 4.00. The summed E-state index contributed by atoms with van der Waals surface area (Å²) in [5.74, 6) is -0.223.